The van der Waals surface area contributed by atoms with E-state index in [0.717, 1.165) is 43.5 Å². The molecule has 1 atom stereocenters. The fourth-order valence-corrected chi connectivity index (χ4v) is 2.72. The number of para-hydroxylation sites is 1. The predicted octanol–water partition coefficient (Wildman–Crippen LogP) is 3.11. The Hall–Kier alpha value is -1.22. The molecular weight excluding hydrogens is 274 g/mol. The van der Waals surface area contributed by atoms with Crippen molar-refractivity contribution < 1.29 is 9.53 Å². The van der Waals surface area contributed by atoms with Crippen LogP contribution in [0.2, 0.25) is 0 Å². The van der Waals surface area contributed by atoms with Gasteiger partial charge in [0.05, 0.1) is 5.92 Å². The number of halogens is 1. The van der Waals surface area contributed by atoms with Gasteiger partial charge in [-0.15, -0.1) is 11.6 Å². The van der Waals surface area contributed by atoms with E-state index in [2.05, 4.69) is 0 Å². The highest BCUT2D eigenvalue weighted by molar-refractivity contribution is 6.17. The molecule has 4 heteroatoms. The SMILES string of the molecule is CN(CCCCCCl)C(=O)C1COc2ccccc2C1. The van der Waals surface area contributed by atoms with Crippen molar-refractivity contribution >= 4 is 17.5 Å². The van der Waals surface area contributed by atoms with Crippen molar-refractivity contribution in [1.82, 2.24) is 4.90 Å². The van der Waals surface area contributed by atoms with E-state index in [0.29, 0.717) is 12.5 Å². The van der Waals surface area contributed by atoms with Gasteiger partial charge in [0.2, 0.25) is 5.91 Å². The Bertz CT molecular complexity index is 450. The van der Waals surface area contributed by atoms with E-state index in [1.54, 1.807) is 0 Å². The minimum absolute atomic E-state index is 0.0528. The third-order valence-corrected chi connectivity index (χ3v) is 4.00. The predicted molar refractivity (Wildman–Crippen MR) is 81.3 cm³/mol. The van der Waals surface area contributed by atoms with Crippen LogP contribution in [0.5, 0.6) is 5.75 Å². The molecule has 0 saturated heterocycles. The molecule has 0 N–H and O–H groups in total. The Morgan fingerprint density at radius 3 is 2.95 bits per heavy atom. The van der Waals surface area contributed by atoms with Crippen LogP contribution in [0, 0.1) is 5.92 Å². The largest absolute Gasteiger partial charge is 0.492 e. The lowest BCUT2D eigenvalue weighted by molar-refractivity contribution is -0.135. The van der Waals surface area contributed by atoms with Gasteiger partial charge >= 0.3 is 0 Å². The third kappa shape index (κ3) is 3.89. The summed E-state index contributed by atoms with van der Waals surface area (Å²) < 4.78 is 5.69. The van der Waals surface area contributed by atoms with Crippen molar-refractivity contribution in [2.45, 2.75) is 25.7 Å². The maximum Gasteiger partial charge on any atom is 0.229 e. The zero-order valence-electron chi connectivity index (χ0n) is 12.0. The smallest absolute Gasteiger partial charge is 0.229 e. The van der Waals surface area contributed by atoms with Crippen molar-refractivity contribution in [1.29, 1.82) is 0 Å². The Labute approximate surface area is 125 Å². The van der Waals surface area contributed by atoms with Gasteiger partial charge in [0, 0.05) is 19.5 Å². The monoisotopic (exact) mass is 295 g/mol. The van der Waals surface area contributed by atoms with Gasteiger partial charge < -0.3 is 9.64 Å². The van der Waals surface area contributed by atoms with Gasteiger partial charge in [-0.1, -0.05) is 24.6 Å². The summed E-state index contributed by atoms with van der Waals surface area (Å²) in [5, 5.41) is 0. The number of hydrogen-bond donors (Lipinski definition) is 0. The average molecular weight is 296 g/mol. The topological polar surface area (TPSA) is 29.5 Å². The van der Waals surface area contributed by atoms with Gasteiger partial charge in [-0.25, -0.2) is 0 Å². The summed E-state index contributed by atoms with van der Waals surface area (Å²) in [6, 6.07) is 7.95. The maximum atomic E-state index is 12.4. The summed E-state index contributed by atoms with van der Waals surface area (Å²) in [6.45, 7) is 1.29. The van der Waals surface area contributed by atoms with Gasteiger partial charge in [0.1, 0.15) is 12.4 Å². The second-order valence-electron chi connectivity index (χ2n) is 5.33. The second kappa shape index (κ2) is 7.53. The van der Waals surface area contributed by atoms with Gasteiger partial charge in [0.15, 0.2) is 0 Å². The van der Waals surface area contributed by atoms with E-state index in [-0.39, 0.29) is 11.8 Å². The van der Waals surface area contributed by atoms with Crippen molar-refractivity contribution in [3.8, 4) is 5.75 Å². The number of nitrogens with zero attached hydrogens (tertiary/aromatic N) is 1. The minimum atomic E-state index is -0.0528. The molecule has 1 amide bonds. The van der Waals surface area contributed by atoms with Crippen LogP contribution in [0.25, 0.3) is 0 Å². The van der Waals surface area contributed by atoms with Crippen LogP contribution in [0.1, 0.15) is 24.8 Å². The fourth-order valence-electron chi connectivity index (χ4n) is 2.53. The molecule has 0 aliphatic carbocycles. The number of unbranched alkanes of at least 4 members (excludes halogenated alkanes) is 2. The van der Waals surface area contributed by atoms with Crippen molar-refractivity contribution in [2.24, 2.45) is 5.92 Å². The number of amides is 1. The van der Waals surface area contributed by atoms with Crippen molar-refractivity contribution in [3.63, 3.8) is 0 Å². The Morgan fingerprint density at radius 1 is 1.35 bits per heavy atom. The number of rotatable bonds is 6. The lowest BCUT2D eigenvalue weighted by Gasteiger charge is -2.28. The molecule has 1 heterocycles. The molecule has 0 fully saturated rings. The zero-order valence-corrected chi connectivity index (χ0v) is 12.7. The van der Waals surface area contributed by atoms with Crippen molar-refractivity contribution in [3.05, 3.63) is 29.8 Å². The van der Waals surface area contributed by atoms with Gasteiger partial charge in [-0.2, -0.15) is 0 Å². The molecule has 0 spiro atoms. The molecule has 0 saturated carbocycles. The number of hydrogen-bond acceptors (Lipinski definition) is 2. The molecular formula is C16H22ClNO2. The van der Waals surface area contributed by atoms with E-state index < -0.39 is 0 Å². The van der Waals surface area contributed by atoms with Crippen molar-refractivity contribution in [2.75, 3.05) is 26.1 Å². The number of carbonyl (C=O) groups excluding carboxylic acids is 1. The molecule has 110 valence electrons. The molecule has 1 aliphatic rings. The molecule has 20 heavy (non-hydrogen) atoms. The van der Waals surface area contributed by atoms with E-state index in [4.69, 9.17) is 16.3 Å². The molecule has 3 nitrogen and oxygen atoms in total. The van der Waals surface area contributed by atoms with Crippen LogP contribution >= 0.6 is 11.6 Å². The van der Waals surface area contributed by atoms with Gasteiger partial charge in [-0.05, 0) is 30.9 Å². The molecule has 1 aromatic rings. The molecule has 1 aliphatic heterocycles. The maximum absolute atomic E-state index is 12.4. The third-order valence-electron chi connectivity index (χ3n) is 3.73. The lowest BCUT2D eigenvalue weighted by Crippen LogP contribution is -2.39. The number of benzene rings is 1. The highest BCUT2D eigenvalue weighted by Gasteiger charge is 2.27. The first-order valence-corrected chi connectivity index (χ1v) is 7.77. The second-order valence-corrected chi connectivity index (χ2v) is 5.71. The summed E-state index contributed by atoms with van der Waals surface area (Å²) in [7, 11) is 1.88. The molecule has 2 rings (SSSR count). The lowest BCUT2D eigenvalue weighted by atomic mass is 9.95. The first-order chi connectivity index (χ1) is 9.72. The van der Waals surface area contributed by atoms with Gasteiger partial charge in [-0.3, -0.25) is 4.79 Å². The van der Waals surface area contributed by atoms with Crippen LogP contribution in [-0.4, -0.2) is 36.9 Å². The molecule has 0 radical (unpaired) electrons. The first-order valence-electron chi connectivity index (χ1n) is 7.24. The number of alkyl halides is 1. The minimum Gasteiger partial charge on any atom is -0.492 e. The van der Waals surface area contributed by atoms with Crippen LogP contribution < -0.4 is 4.74 Å². The molecule has 0 bridgehead atoms. The van der Waals surface area contributed by atoms with E-state index in [1.807, 2.05) is 36.2 Å². The Morgan fingerprint density at radius 2 is 2.15 bits per heavy atom. The number of ether oxygens (including phenoxy) is 1. The Balaban J connectivity index is 1.84. The number of fused-ring (bicyclic) bond motifs is 1. The normalized spacial score (nSPS) is 17.2. The van der Waals surface area contributed by atoms with E-state index in [1.165, 1.54) is 0 Å². The summed E-state index contributed by atoms with van der Waals surface area (Å²) in [6.07, 6.45) is 3.88. The average Bonchev–Trinajstić information content (AvgIpc) is 2.50. The van der Waals surface area contributed by atoms with Crippen LogP contribution in [0.3, 0.4) is 0 Å². The highest BCUT2D eigenvalue weighted by Crippen LogP contribution is 2.27. The fraction of sp³-hybridized carbons (Fsp3) is 0.562. The quantitative estimate of drug-likeness (QED) is 0.596. The highest BCUT2D eigenvalue weighted by atomic mass is 35.5. The molecule has 1 unspecified atom stereocenters. The molecule has 1 aromatic carbocycles. The van der Waals surface area contributed by atoms with E-state index in [9.17, 15) is 4.79 Å². The van der Waals surface area contributed by atoms with Crippen LogP contribution in [0.15, 0.2) is 24.3 Å². The van der Waals surface area contributed by atoms with Crippen LogP contribution in [-0.2, 0) is 11.2 Å². The zero-order chi connectivity index (χ0) is 14.4. The molecule has 0 aromatic heterocycles. The van der Waals surface area contributed by atoms with E-state index >= 15 is 0 Å². The summed E-state index contributed by atoms with van der Waals surface area (Å²) in [5.74, 6) is 1.75. The summed E-state index contributed by atoms with van der Waals surface area (Å²) >= 11 is 5.65. The Kier molecular flexibility index (Phi) is 5.72. The first kappa shape index (κ1) is 15.2. The van der Waals surface area contributed by atoms with Gasteiger partial charge in [0.25, 0.3) is 0 Å². The number of carbonyl (C=O) groups is 1. The standard InChI is InChI=1S/C16H22ClNO2/c1-18(10-6-2-5-9-17)16(19)14-11-13-7-3-4-8-15(13)20-12-14/h3-4,7-8,14H,2,5-6,9-12H2,1H3. The summed E-state index contributed by atoms with van der Waals surface area (Å²) in [4.78, 5) is 14.2. The summed E-state index contributed by atoms with van der Waals surface area (Å²) in [5.41, 5.74) is 1.13. The van der Waals surface area contributed by atoms with Crippen LogP contribution in [0.4, 0.5) is 0 Å².